The number of aliphatic carboxylic acids is 1. The number of carbonyl (C=O) groups is 2. The highest BCUT2D eigenvalue weighted by Gasteiger charge is 2.41. The number of aromatic nitrogens is 1. The van der Waals surface area contributed by atoms with Gasteiger partial charge in [0.1, 0.15) is 5.76 Å². The van der Waals surface area contributed by atoms with E-state index >= 15 is 0 Å². The van der Waals surface area contributed by atoms with E-state index in [-0.39, 0.29) is 18.9 Å². The van der Waals surface area contributed by atoms with Crippen molar-refractivity contribution in [1.82, 2.24) is 9.88 Å². The molecule has 1 N–H and O–H groups in total. The fourth-order valence-electron chi connectivity index (χ4n) is 2.93. The third-order valence-corrected chi connectivity index (χ3v) is 3.96. The van der Waals surface area contributed by atoms with E-state index in [0.717, 1.165) is 5.56 Å². The molecule has 114 valence electrons. The molecule has 2 aromatic rings. The fourth-order valence-corrected chi connectivity index (χ4v) is 2.93. The van der Waals surface area contributed by atoms with Crippen LogP contribution < -0.4 is 0 Å². The molecule has 1 amide bonds. The fraction of sp³-hybridized carbons (Fsp3) is 0.312. The van der Waals surface area contributed by atoms with Crippen LogP contribution in [-0.2, 0) is 16.1 Å². The van der Waals surface area contributed by atoms with Gasteiger partial charge in [0, 0.05) is 18.8 Å². The number of carbonyl (C=O) groups excluding carboxylic acids is 1. The predicted octanol–water partition coefficient (Wildman–Crippen LogP) is 2.24. The molecule has 6 heteroatoms. The zero-order chi connectivity index (χ0) is 15.5. The number of amides is 1. The Morgan fingerprint density at radius 2 is 2.27 bits per heavy atom. The van der Waals surface area contributed by atoms with Crippen LogP contribution in [-0.4, -0.2) is 26.9 Å². The van der Waals surface area contributed by atoms with Crippen molar-refractivity contribution in [1.29, 1.82) is 0 Å². The summed E-state index contributed by atoms with van der Waals surface area (Å²) >= 11 is 0. The minimum absolute atomic E-state index is 0.0669. The molecule has 1 fully saturated rings. The second kappa shape index (κ2) is 6.01. The van der Waals surface area contributed by atoms with Crippen LogP contribution in [0.15, 0.2) is 47.3 Å². The Bertz CT molecular complexity index is 654. The van der Waals surface area contributed by atoms with E-state index in [1.165, 1.54) is 6.26 Å². The Kier molecular flexibility index (Phi) is 3.91. The standard InChI is InChI=1S/C16H16N2O4/c19-14-6-5-13(16(20)21)15(11-3-1-7-17-9-11)18(14)10-12-4-2-8-22-12/h1-4,7-9,13,15H,5-6,10H2,(H,20,21). The van der Waals surface area contributed by atoms with Crippen molar-refractivity contribution in [2.24, 2.45) is 5.92 Å². The predicted molar refractivity (Wildman–Crippen MR) is 76.6 cm³/mol. The second-order valence-corrected chi connectivity index (χ2v) is 5.32. The van der Waals surface area contributed by atoms with Crippen LogP contribution in [0.5, 0.6) is 0 Å². The van der Waals surface area contributed by atoms with E-state index in [4.69, 9.17) is 4.42 Å². The van der Waals surface area contributed by atoms with Crippen LogP contribution in [0.25, 0.3) is 0 Å². The molecule has 1 aliphatic heterocycles. The van der Waals surface area contributed by atoms with Crippen LogP contribution in [0.4, 0.5) is 0 Å². The lowest BCUT2D eigenvalue weighted by Gasteiger charge is -2.39. The molecule has 0 aromatic carbocycles. The van der Waals surface area contributed by atoms with Gasteiger partial charge in [-0.25, -0.2) is 0 Å². The third kappa shape index (κ3) is 2.72. The number of furan rings is 1. The summed E-state index contributed by atoms with van der Waals surface area (Å²) in [5.41, 5.74) is 0.731. The van der Waals surface area contributed by atoms with Gasteiger partial charge < -0.3 is 14.4 Å². The topological polar surface area (TPSA) is 83.6 Å². The Balaban J connectivity index is 1.98. The van der Waals surface area contributed by atoms with Gasteiger partial charge >= 0.3 is 5.97 Å². The SMILES string of the molecule is O=C(O)C1CCC(=O)N(Cc2ccco2)C1c1cccnc1. The van der Waals surface area contributed by atoms with E-state index in [2.05, 4.69) is 4.98 Å². The molecule has 2 atom stereocenters. The first-order chi connectivity index (χ1) is 10.7. The molecule has 22 heavy (non-hydrogen) atoms. The lowest BCUT2D eigenvalue weighted by Crippen LogP contribution is -2.44. The van der Waals surface area contributed by atoms with Crippen molar-refractivity contribution in [2.75, 3.05) is 0 Å². The number of likely N-dealkylation sites (tertiary alicyclic amines) is 1. The van der Waals surface area contributed by atoms with Crippen LogP contribution in [0.1, 0.15) is 30.2 Å². The van der Waals surface area contributed by atoms with Gasteiger partial charge in [-0.15, -0.1) is 0 Å². The summed E-state index contributed by atoms with van der Waals surface area (Å²) in [5.74, 6) is -0.973. The lowest BCUT2D eigenvalue weighted by atomic mass is 9.85. The molecule has 0 bridgehead atoms. The van der Waals surface area contributed by atoms with E-state index in [1.807, 2.05) is 0 Å². The Morgan fingerprint density at radius 1 is 1.41 bits per heavy atom. The van der Waals surface area contributed by atoms with E-state index < -0.39 is 17.9 Å². The maximum Gasteiger partial charge on any atom is 0.308 e. The van der Waals surface area contributed by atoms with Crippen molar-refractivity contribution in [3.8, 4) is 0 Å². The average Bonchev–Trinajstić information content (AvgIpc) is 3.03. The van der Waals surface area contributed by atoms with Crippen molar-refractivity contribution in [3.63, 3.8) is 0 Å². The number of rotatable bonds is 4. The molecular formula is C16H16N2O4. The molecule has 6 nitrogen and oxygen atoms in total. The molecule has 2 unspecified atom stereocenters. The maximum absolute atomic E-state index is 12.3. The summed E-state index contributed by atoms with van der Waals surface area (Å²) in [6.45, 7) is 0.259. The minimum Gasteiger partial charge on any atom is -0.481 e. The van der Waals surface area contributed by atoms with Crippen molar-refractivity contribution < 1.29 is 19.1 Å². The molecule has 1 saturated heterocycles. The number of carboxylic acid groups (broad SMARTS) is 1. The molecule has 2 aromatic heterocycles. The molecule has 3 rings (SSSR count). The highest BCUT2D eigenvalue weighted by Crippen LogP contribution is 2.37. The smallest absolute Gasteiger partial charge is 0.308 e. The molecular weight excluding hydrogens is 284 g/mol. The Hall–Kier alpha value is -2.63. The highest BCUT2D eigenvalue weighted by molar-refractivity contribution is 5.81. The monoisotopic (exact) mass is 300 g/mol. The number of carboxylic acids is 1. The largest absolute Gasteiger partial charge is 0.481 e. The molecule has 0 aliphatic carbocycles. The first-order valence-corrected chi connectivity index (χ1v) is 7.11. The van der Waals surface area contributed by atoms with Crippen LogP contribution in [0.2, 0.25) is 0 Å². The zero-order valence-electron chi connectivity index (χ0n) is 11.9. The normalized spacial score (nSPS) is 21.8. The summed E-state index contributed by atoms with van der Waals surface area (Å²) in [5, 5.41) is 9.52. The zero-order valence-corrected chi connectivity index (χ0v) is 11.9. The van der Waals surface area contributed by atoms with Gasteiger partial charge in [0.2, 0.25) is 5.91 Å². The molecule has 1 aliphatic rings. The summed E-state index contributed by atoms with van der Waals surface area (Å²) in [6.07, 6.45) is 5.35. The number of hydrogen-bond donors (Lipinski definition) is 1. The number of pyridine rings is 1. The van der Waals surface area contributed by atoms with E-state index in [0.29, 0.717) is 12.2 Å². The van der Waals surface area contributed by atoms with Crippen molar-refractivity contribution in [3.05, 3.63) is 54.2 Å². The van der Waals surface area contributed by atoms with Crippen LogP contribution in [0.3, 0.4) is 0 Å². The molecule has 3 heterocycles. The summed E-state index contributed by atoms with van der Waals surface area (Å²) in [6, 6.07) is 6.55. The van der Waals surface area contributed by atoms with Crippen molar-refractivity contribution >= 4 is 11.9 Å². The Labute approximate surface area is 127 Å². The molecule has 0 spiro atoms. The second-order valence-electron chi connectivity index (χ2n) is 5.32. The Morgan fingerprint density at radius 3 is 2.91 bits per heavy atom. The van der Waals surface area contributed by atoms with Gasteiger partial charge in [-0.1, -0.05) is 6.07 Å². The first-order valence-electron chi connectivity index (χ1n) is 7.11. The minimum atomic E-state index is -0.897. The number of nitrogens with zero attached hydrogens (tertiary/aromatic N) is 2. The summed E-state index contributed by atoms with van der Waals surface area (Å²) in [4.78, 5) is 29.6. The van der Waals surface area contributed by atoms with Gasteiger partial charge in [-0.2, -0.15) is 0 Å². The van der Waals surface area contributed by atoms with Crippen LogP contribution in [0, 0.1) is 5.92 Å². The molecule has 0 radical (unpaired) electrons. The van der Waals surface area contributed by atoms with Gasteiger partial charge in [0.05, 0.1) is 24.8 Å². The highest BCUT2D eigenvalue weighted by atomic mass is 16.4. The third-order valence-electron chi connectivity index (χ3n) is 3.96. The van der Waals surface area contributed by atoms with Gasteiger partial charge in [0.25, 0.3) is 0 Å². The number of hydrogen-bond acceptors (Lipinski definition) is 4. The molecule has 0 saturated carbocycles. The van der Waals surface area contributed by atoms with Crippen molar-refractivity contribution in [2.45, 2.75) is 25.4 Å². The first kappa shape index (κ1) is 14.3. The quantitative estimate of drug-likeness (QED) is 0.936. The van der Waals surface area contributed by atoms with Gasteiger partial charge in [0.15, 0.2) is 0 Å². The van der Waals surface area contributed by atoms with E-state index in [1.54, 1.807) is 41.6 Å². The lowest BCUT2D eigenvalue weighted by molar-refractivity contribution is -0.152. The summed E-state index contributed by atoms with van der Waals surface area (Å²) in [7, 11) is 0. The number of piperidine rings is 1. The van der Waals surface area contributed by atoms with Crippen LogP contribution >= 0.6 is 0 Å². The van der Waals surface area contributed by atoms with E-state index in [9.17, 15) is 14.7 Å². The van der Waals surface area contributed by atoms with Gasteiger partial charge in [-0.3, -0.25) is 14.6 Å². The summed E-state index contributed by atoms with van der Waals surface area (Å²) < 4.78 is 5.31. The van der Waals surface area contributed by atoms with Gasteiger partial charge in [-0.05, 0) is 30.2 Å². The average molecular weight is 300 g/mol. The maximum atomic E-state index is 12.3.